The van der Waals surface area contributed by atoms with E-state index in [0.717, 1.165) is 23.4 Å². The lowest BCUT2D eigenvalue weighted by atomic mass is 9.92. The van der Waals surface area contributed by atoms with Gasteiger partial charge in [-0.1, -0.05) is 54.9 Å². The van der Waals surface area contributed by atoms with Crippen LogP contribution in [0.4, 0.5) is 0 Å². The highest BCUT2D eigenvalue weighted by Gasteiger charge is 2.11. The van der Waals surface area contributed by atoms with Crippen LogP contribution in [0.1, 0.15) is 29.5 Å². The molecule has 0 bridgehead atoms. The van der Waals surface area contributed by atoms with Crippen LogP contribution in [0.5, 0.6) is 0 Å². The summed E-state index contributed by atoms with van der Waals surface area (Å²) < 4.78 is 0. The Labute approximate surface area is 119 Å². The first-order valence-corrected chi connectivity index (χ1v) is 7.05. The predicted octanol–water partition coefficient (Wildman–Crippen LogP) is 4.22. The van der Waals surface area contributed by atoms with Gasteiger partial charge in [-0.3, -0.25) is 0 Å². The fourth-order valence-corrected chi connectivity index (χ4v) is 2.47. The monoisotopic (exact) mass is 274 g/mol. The molecule has 0 aromatic heterocycles. The Kier molecular flexibility index (Phi) is 5.00. The molecule has 2 rings (SSSR count). The Morgan fingerprint density at radius 3 is 2.37 bits per heavy atom. The number of aryl methyl sites for hydroxylation is 1. The van der Waals surface area contributed by atoms with Gasteiger partial charge in [0.05, 0.1) is 6.61 Å². The molecule has 0 aliphatic rings. The van der Waals surface area contributed by atoms with Gasteiger partial charge in [0, 0.05) is 10.9 Å². The van der Waals surface area contributed by atoms with Crippen LogP contribution in [-0.4, -0.2) is 11.7 Å². The molecule has 1 nitrogen and oxygen atoms in total. The van der Waals surface area contributed by atoms with Crippen LogP contribution in [0.3, 0.4) is 0 Å². The second-order valence-electron chi connectivity index (χ2n) is 4.81. The molecule has 1 atom stereocenters. The van der Waals surface area contributed by atoms with E-state index in [0.29, 0.717) is 0 Å². The minimum Gasteiger partial charge on any atom is -0.396 e. The number of aliphatic hydroxyl groups is 1. The molecule has 19 heavy (non-hydrogen) atoms. The van der Waals surface area contributed by atoms with Crippen molar-refractivity contribution in [2.24, 2.45) is 0 Å². The van der Waals surface area contributed by atoms with Crippen LogP contribution in [0.2, 0.25) is 5.02 Å². The van der Waals surface area contributed by atoms with Crippen LogP contribution in [0, 0.1) is 0 Å². The molecule has 100 valence electrons. The molecule has 0 spiro atoms. The van der Waals surface area contributed by atoms with Gasteiger partial charge in [0.1, 0.15) is 0 Å². The Morgan fingerprint density at radius 1 is 1.05 bits per heavy atom. The summed E-state index contributed by atoms with van der Waals surface area (Å²) in [5.74, 6) is 0.129. The third kappa shape index (κ3) is 3.82. The summed E-state index contributed by atoms with van der Waals surface area (Å²) in [7, 11) is 0. The molecular formula is C17H19ClO. The SMILES string of the molecule is CCc1ccc(C(CO)Cc2cccc(Cl)c2)cc1. The lowest BCUT2D eigenvalue weighted by Gasteiger charge is -2.15. The number of hydrogen-bond acceptors (Lipinski definition) is 1. The maximum Gasteiger partial charge on any atom is 0.0502 e. The van der Waals surface area contributed by atoms with Crippen molar-refractivity contribution < 1.29 is 5.11 Å². The Bertz CT molecular complexity index is 519. The van der Waals surface area contributed by atoms with Crippen molar-refractivity contribution in [2.45, 2.75) is 25.7 Å². The smallest absolute Gasteiger partial charge is 0.0502 e. The Hall–Kier alpha value is -1.31. The van der Waals surface area contributed by atoms with E-state index in [1.54, 1.807) is 0 Å². The topological polar surface area (TPSA) is 20.2 Å². The minimum atomic E-state index is 0.129. The minimum absolute atomic E-state index is 0.129. The van der Waals surface area contributed by atoms with E-state index >= 15 is 0 Å². The van der Waals surface area contributed by atoms with Crippen molar-refractivity contribution in [3.63, 3.8) is 0 Å². The van der Waals surface area contributed by atoms with Crippen molar-refractivity contribution in [1.82, 2.24) is 0 Å². The van der Waals surface area contributed by atoms with Gasteiger partial charge in [-0.25, -0.2) is 0 Å². The first-order valence-electron chi connectivity index (χ1n) is 6.67. The van der Waals surface area contributed by atoms with Crippen LogP contribution in [-0.2, 0) is 12.8 Å². The van der Waals surface area contributed by atoms with Gasteiger partial charge in [-0.05, 0) is 41.7 Å². The third-order valence-corrected chi connectivity index (χ3v) is 3.69. The Balaban J connectivity index is 2.15. The van der Waals surface area contributed by atoms with Gasteiger partial charge in [0.15, 0.2) is 0 Å². The number of hydrogen-bond donors (Lipinski definition) is 1. The number of halogens is 1. The summed E-state index contributed by atoms with van der Waals surface area (Å²) in [4.78, 5) is 0. The van der Waals surface area contributed by atoms with Crippen molar-refractivity contribution in [2.75, 3.05) is 6.61 Å². The fourth-order valence-electron chi connectivity index (χ4n) is 2.26. The van der Waals surface area contributed by atoms with Crippen LogP contribution >= 0.6 is 11.6 Å². The molecule has 0 saturated heterocycles. The molecule has 0 fully saturated rings. The van der Waals surface area contributed by atoms with Crippen molar-refractivity contribution in [3.8, 4) is 0 Å². The van der Waals surface area contributed by atoms with Gasteiger partial charge in [0.25, 0.3) is 0 Å². The molecule has 1 unspecified atom stereocenters. The quantitative estimate of drug-likeness (QED) is 0.865. The van der Waals surface area contributed by atoms with Gasteiger partial charge in [0.2, 0.25) is 0 Å². The van der Waals surface area contributed by atoms with E-state index in [9.17, 15) is 5.11 Å². The first-order chi connectivity index (χ1) is 9.22. The molecule has 2 aromatic carbocycles. The number of benzene rings is 2. The van der Waals surface area contributed by atoms with Crippen LogP contribution < -0.4 is 0 Å². The average Bonchev–Trinajstić information content (AvgIpc) is 2.45. The standard InChI is InChI=1S/C17H19ClO/c1-2-13-6-8-15(9-7-13)16(12-19)10-14-4-3-5-17(18)11-14/h3-9,11,16,19H,2,10,12H2,1H3. The van der Waals surface area contributed by atoms with E-state index < -0.39 is 0 Å². The zero-order chi connectivity index (χ0) is 13.7. The summed E-state index contributed by atoms with van der Waals surface area (Å²) in [5.41, 5.74) is 3.66. The molecule has 0 radical (unpaired) electrons. The van der Waals surface area contributed by atoms with E-state index in [1.807, 2.05) is 18.2 Å². The maximum absolute atomic E-state index is 9.60. The van der Waals surface area contributed by atoms with Crippen molar-refractivity contribution in [1.29, 1.82) is 0 Å². The molecular weight excluding hydrogens is 256 g/mol. The van der Waals surface area contributed by atoms with Crippen LogP contribution in [0.15, 0.2) is 48.5 Å². The van der Waals surface area contributed by atoms with E-state index in [2.05, 4.69) is 37.3 Å². The molecule has 0 aliphatic carbocycles. The average molecular weight is 275 g/mol. The molecule has 0 aliphatic heterocycles. The normalized spacial score (nSPS) is 12.4. The summed E-state index contributed by atoms with van der Waals surface area (Å²) in [6, 6.07) is 16.3. The number of rotatable bonds is 5. The van der Waals surface area contributed by atoms with Crippen molar-refractivity contribution in [3.05, 3.63) is 70.2 Å². The van der Waals surface area contributed by atoms with Crippen LogP contribution in [0.25, 0.3) is 0 Å². The second kappa shape index (κ2) is 6.74. The third-order valence-electron chi connectivity index (χ3n) is 3.45. The first kappa shape index (κ1) is 14.1. The van der Waals surface area contributed by atoms with E-state index in [-0.39, 0.29) is 12.5 Å². The van der Waals surface area contributed by atoms with Gasteiger partial charge in [-0.2, -0.15) is 0 Å². The molecule has 0 heterocycles. The maximum atomic E-state index is 9.60. The number of aliphatic hydroxyl groups excluding tert-OH is 1. The lowest BCUT2D eigenvalue weighted by molar-refractivity contribution is 0.264. The highest BCUT2D eigenvalue weighted by Crippen LogP contribution is 2.22. The lowest BCUT2D eigenvalue weighted by Crippen LogP contribution is -2.07. The molecule has 2 heteroatoms. The van der Waals surface area contributed by atoms with E-state index in [4.69, 9.17) is 11.6 Å². The van der Waals surface area contributed by atoms with Gasteiger partial charge in [-0.15, -0.1) is 0 Å². The zero-order valence-electron chi connectivity index (χ0n) is 11.1. The summed E-state index contributed by atoms with van der Waals surface area (Å²) >= 11 is 5.99. The second-order valence-corrected chi connectivity index (χ2v) is 5.25. The molecule has 0 saturated carbocycles. The van der Waals surface area contributed by atoms with Gasteiger partial charge < -0.3 is 5.11 Å². The van der Waals surface area contributed by atoms with E-state index in [1.165, 1.54) is 11.1 Å². The van der Waals surface area contributed by atoms with Crippen molar-refractivity contribution >= 4 is 11.6 Å². The van der Waals surface area contributed by atoms with Gasteiger partial charge >= 0.3 is 0 Å². The fraction of sp³-hybridized carbons (Fsp3) is 0.294. The summed E-state index contributed by atoms with van der Waals surface area (Å²) in [5, 5.41) is 10.3. The zero-order valence-corrected chi connectivity index (χ0v) is 11.9. The summed E-state index contributed by atoms with van der Waals surface area (Å²) in [6.07, 6.45) is 1.85. The molecule has 1 N–H and O–H groups in total. The highest BCUT2D eigenvalue weighted by molar-refractivity contribution is 6.30. The molecule has 0 amide bonds. The molecule has 2 aromatic rings. The Morgan fingerprint density at radius 2 is 1.79 bits per heavy atom. The predicted molar refractivity (Wildman–Crippen MR) is 80.8 cm³/mol. The largest absolute Gasteiger partial charge is 0.396 e. The summed E-state index contributed by atoms with van der Waals surface area (Å²) in [6.45, 7) is 2.29. The highest BCUT2D eigenvalue weighted by atomic mass is 35.5.